The number of imide groups is 1. The van der Waals surface area contributed by atoms with Gasteiger partial charge in [-0.2, -0.15) is 0 Å². The number of carbonyl (C=O) groups excluding carboxylic acids is 4. The van der Waals surface area contributed by atoms with Gasteiger partial charge in [0.15, 0.2) is 0 Å². The van der Waals surface area contributed by atoms with Gasteiger partial charge in [-0.05, 0) is 48.7 Å². The van der Waals surface area contributed by atoms with Crippen molar-refractivity contribution in [3.63, 3.8) is 0 Å². The summed E-state index contributed by atoms with van der Waals surface area (Å²) >= 11 is 0. The maximum atomic E-state index is 12.9. The van der Waals surface area contributed by atoms with Crippen LogP contribution in [0.25, 0.3) is 0 Å². The number of benzene rings is 2. The largest absolute Gasteiger partial charge is 0.495 e. The van der Waals surface area contributed by atoms with Crippen LogP contribution in [0.3, 0.4) is 0 Å². The number of hydrogen-bond acceptors (Lipinski definition) is 6. The maximum absolute atomic E-state index is 12.9. The molecule has 1 fully saturated rings. The Morgan fingerprint density at radius 3 is 2.86 bits per heavy atom. The van der Waals surface area contributed by atoms with Crippen LogP contribution in [0.2, 0.25) is 0 Å². The van der Waals surface area contributed by atoms with Crippen molar-refractivity contribution >= 4 is 29.3 Å². The van der Waals surface area contributed by atoms with E-state index >= 15 is 0 Å². The molecule has 0 aliphatic carbocycles. The van der Waals surface area contributed by atoms with Crippen LogP contribution in [-0.4, -0.2) is 48.2 Å². The van der Waals surface area contributed by atoms with Crippen molar-refractivity contribution in [1.29, 1.82) is 0 Å². The summed E-state index contributed by atoms with van der Waals surface area (Å²) in [4.78, 5) is 50.4. The minimum Gasteiger partial charge on any atom is -0.495 e. The summed E-state index contributed by atoms with van der Waals surface area (Å²) in [5.41, 5.74) is 8.78. The Balaban J connectivity index is 1.32. The molecule has 9 heteroatoms. The number of methoxy groups -OCH3 is 1. The van der Waals surface area contributed by atoms with E-state index in [0.717, 1.165) is 11.1 Å². The Morgan fingerprint density at radius 1 is 1.26 bits per heavy atom. The molecule has 2 heterocycles. The van der Waals surface area contributed by atoms with Crippen LogP contribution in [0.5, 0.6) is 5.75 Å². The van der Waals surface area contributed by atoms with Crippen LogP contribution in [0.4, 0.5) is 5.69 Å². The SMILES string of the molecule is COc1cc(C(=O)NCCCC#Cc2cccc3c2CN(C2CCC(=O)NC2=O)C3=O)ccc1N. The van der Waals surface area contributed by atoms with Gasteiger partial charge in [0.2, 0.25) is 11.8 Å². The van der Waals surface area contributed by atoms with Gasteiger partial charge in [-0.25, -0.2) is 0 Å². The summed E-state index contributed by atoms with van der Waals surface area (Å²) in [6, 6.07) is 9.57. The molecule has 35 heavy (non-hydrogen) atoms. The summed E-state index contributed by atoms with van der Waals surface area (Å²) in [5.74, 6) is 5.49. The number of rotatable bonds is 6. The lowest BCUT2D eigenvalue weighted by molar-refractivity contribution is -0.136. The molecule has 0 aromatic heterocycles. The first-order chi connectivity index (χ1) is 16.9. The van der Waals surface area contributed by atoms with Crippen molar-refractivity contribution in [3.05, 3.63) is 58.7 Å². The van der Waals surface area contributed by atoms with Gasteiger partial charge in [-0.1, -0.05) is 17.9 Å². The average molecular weight is 475 g/mol. The van der Waals surface area contributed by atoms with Crippen LogP contribution in [-0.2, 0) is 16.1 Å². The molecule has 2 aliphatic rings. The fourth-order valence-corrected chi connectivity index (χ4v) is 4.19. The topological polar surface area (TPSA) is 131 Å². The minimum absolute atomic E-state index is 0.214. The van der Waals surface area contributed by atoms with Gasteiger partial charge < -0.3 is 20.7 Å². The van der Waals surface area contributed by atoms with Crippen LogP contribution >= 0.6 is 0 Å². The minimum atomic E-state index is -0.655. The van der Waals surface area contributed by atoms with Gasteiger partial charge in [0, 0.05) is 42.6 Å². The molecular weight excluding hydrogens is 448 g/mol. The van der Waals surface area contributed by atoms with Gasteiger partial charge in [0.05, 0.1) is 12.8 Å². The number of anilines is 1. The number of nitrogens with one attached hydrogen (secondary N) is 2. The van der Waals surface area contributed by atoms with E-state index in [1.807, 2.05) is 6.07 Å². The highest BCUT2D eigenvalue weighted by molar-refractivity contribution is 6.05. The predicted molar refractivity (Wildman–Crippen MR) is 128 cm³/mol. The molecule has 0 saturated carbocycles. The Bertz CT molecular complexity index is 1260. The zero-order valence-corrected chi connectivity index (χ0v) is 19.3. The van der Waals surface area contributed by atoms with Crippen molar-refractivity contribution in [2.45, 2.75) is 38.3 Å². The van der Waals surface area contributed by atoms with E-state index in [1.54, 1.807) is 30.3 Å². The average Bonchev–Trinajstić information content (AvgIpc) is 3.18. The zero-order chi connectivity index (χ0) is 24.9. The highest BCUT2D eigenvalue weighted by Crippen LogP contribution is 2.29. The highest BCUT2D eigenvalue weighted by atomic mass is 16.5. The van der Waals surface area contributed by atoms with Gasteiger partial charge in [0.25, 0.3) is 11.8 Å². The van der Waals surface area contributed by atoms with Crippen LogP contribution in [0.1, 0.15) is 57.5 Å². The molecule has 2 aromatic carbocycles. The Morgan fingerprint density at radius 2 is 2.09 bits per heavy atom. The number of nitrogen functional groups attached to an aromatic ring is 1. The van der Waals surface area contributed by atoms with E-state index < -0.39 is 11.9 Å². The first-order valence-electron chi connectivity index (χ1n) is 11.4. The molecule has 0 bridgehead atoms. The number of unbranched alkanes of at least 4 members (excludes halogenated alkanes) is 1. The normalized spacial score (nSPS) is 16.8. The van der Waals surface area contributed by atoms with E-state index in [9.17, 15) is 19.2 Å². The zero-order valence-electron chi connectivity index (χ0n) is 19.3. The van der Waals surface area contributed by atoms with Crippen molar-refractivity contribution in [1.82, 2.24) is 15.5 Å². The molecule has 4 rings (SSSR count). The lowest BCUT2D eigenvalue weighted by Crippen LogP contribution is -2.52. The molecule has 1 atom stereocenters. The number of hydrogen-bond donors (Lipinski definition) is 3. The second-order valence-electron chi connectivity index (χ2n) is 8.35. The van der Waals surface area contributed by atoms with Crippen LogP contribution in [0.15, 0.2) is 36.4 Å². The second-order valence-corrected chi connectivity index (χ2v) is 8.35. The van der Waals surface area contributed by atoms with Gasteiger partial charge in [-0.3, -0.25) is 24.5 Å². The van der Waals surface area contributed by atoms with E-state index in [1.165, 1.54) is 12.0 Å². The first kappa shape index (κ1) is 23.8. The molecule has 4 amide bonds. The number of carbonyl (C=O) groups is 4. The number of piperidine rings is 1. The number of amides is 4. The van der Waals surface area contributed by atoms with Crippen LogP contribution < -0.4 is 21.1 Å². The van der Waals surface area contributed by atoms with Gasteiger partial charge in [-0.15, -0.1) is 0 Å². The number of nitrogens with two attached hydrogens (primary N) is 1. The van der Waals surface area contributed by atoms with E-state index in [4.69, 9.17) is 10.5 Å². The maximum Gasteiger partial charge on any atom is 0.255 e. The van der Waals surface area contributed by atoms with Crippen LogP contribution in [0, 0.1) is 11.8 Å². The van der Waals surface area contributed by atoms with Crippen molar-refractivity contribution in [2.75, 3.05) is 19.4 Å². The van der Waals surface area contributed by atoms with Crippen molar-refractivity contribution in [3.8, 4) is 17.6 Å². The lowest BCUT2D eigenvalue weighted by atomic mass is 10.0. The van der Waals surface area contributed by atoms with E-state index in [2.05, 4.69) is 22.5 Å². The fourth-order valence-electron chi connectivity index (χ4n) is 4.19. The van der Waals surface area contributed by atoms with E-state index in [-0.39, 0.29) is 30.7 Å². The number of nitrogens with zero attached hydrogens (tertiary/aromatic N) is 1. The molecule has 4 N–H and O–H groups in total. The summed E-state index contributed by atoms with van der Waals surface area (Å²) in [6.45, 7) is 0.737. The lowest BCUT2D eigenvalue weighted by Gasteiger charge is -2.29. The monoisotopic (exact) mass is 474 g/mol. The second kappa shape index (κ2) is 10.3. The van der Waals surface area contributed by atoms with Crippen molar-refractivity contribution in [2.24, 2.45) is 0 Å². The third-order valence-electron chi connectivity index (χ3n) is 6.06. The molecule has 2 aliphatic heterocycles. The predicted octanol–water partition coefficient (Wildman–Crippen LogP) is 1.60. The molecule has 0 radical (unpaired) electrons. The van der Waals surface area contributed by atoms with E-state index in [0.29, 0.717) is 48.4 Å². The molecule has 0 spiro atoms. The Labute approximate surface area is 203 Å². The standard InChI is InChI=1S/C26H26N4O5/c1-35-22-14-17(9-10-20(22)27)24(32)28-13-4-2-3-6-16-7-5-8-18-19(16)15-30(26(18)34)21-11-12-23(31)29-25(21)33/h5,7-10,14,21H,2,4,11-13,15,27H2,1H3,(H,28,32)(H,29,31,33). The fraction of sp³-hybridized carbons (Fsp3) is 0.308. The summed E-state index contributed by atoms with van der Waals surface area (Å²) in [5, 5.41) is 5.16. The van der Waals surface area contributed by atoms with Gasteiger partial charge in [0.1, 0.15) is 11.8 Å². The molecule has 2 aromatic rings. The summed E-state index contributed by atoms with van der Waals surface area (Å²) in [6.07, 6.45) is 1.74. The Hall–Kier alpha value is -4.32. The molecule has 1 unspecified atom stereocenters. The molecular formula is C26H26N4O5. The third kappa shape index (κ3) is 5.11. The molecule has 9 nitrogen and oxygen atoms in total. The molecule has 180 valence electrons. The highest BCUT2D eigenvalue weighted by Gasteiger charge is 2.39. The summed E-state index contributed by atoms with van der Waals surface area (Å²) in [7, 11) is 1.50. The third-order valence-corrected chi connectivity index (χ3v) is 6.06. The first-order valence-corrected chi connectivity index (χ1v) is 11.4. The van der Waals surface area contributed by atoms with Gasteiger partial charge >= 0.3 is 0 Å². The smallest absolute Gasteiger partial charge is 0.255 e. The van der Waals surface area contributed by atoms with Crippen molar-refractivity contribution < 1.29 is 23.9 Å². The molecule has 1 saturated heterocycles. The number of fused-ring (bicyclic) bond motifs is 1. The number of ether oxygens (including phenoxy) is 1. The quantitative estimate of drug-likeness (QED) is 0.252. The Kier molecular flexibility index (Phi) is 7.01. The summed E-state index contributed by atoms with van der Waals surface area (Å²) < 4.78 is 5.14.